The van der Waals surface area contributed by atoms with Crippen LogP contribution in [-0.2, 0) is 6.42 Å². The first kappa shape index (κ1) is 15.4. The van der Waals surface area contributed by atoms with E-state index in [4.69, 9.17) is 0 Å². The molecule has 1 N–H and O–H groups in total. The predicted molar refractivity (Wildman–Crippen MR) is 88.5 cm³/mol. The van der Waals surface area contributed by atoms with Gasteiger partial charge in [-0.25, -0.2) is 0 Å². The Morgan fingerprint density at radius 1 is 1.35 bits per heavy atom. The number of hydrogen-bond acceptors (Lipinski definition) is 2. The number of anilines is 1. The third kappa shape index (κ3) is 3.54. The molecule has 0 radical (unpaired) electrons. The van der Waals surface area contributed by atoms with Gasteiger partial charge in [-0.1, -0.05) is 32.0 Å². The molecule has 0 spiro atoms. The number of nitrogens with one attached hydrogen (secondary N) is 1. The van der Waals surface area contributed by atoms with Crippen LogP contribution in [0.3, 0.4) is 0 Å². The average molecular weight is 274 g/mol. The summed E-state index contributed by atoms with van der Waals surface area (Å²) < 4.78 is 0. The van der Waals surface area contributed by atoms with Gasteiger partial charge < -0.3 is 10.2 Å². The lowest BCUT2D eigenvalue weighted by Gasteiger charge is -2.36. The molecule has 0 saturated carbocycles. The Labute approximate surface area is 124 Å². The number of para-hydroxylation sites is 1. The van der Waals surface area contributed by atoms with E-state index in [-0.39, 0.29) is 0 Å². The van der Waals surface area contributed by atoms with Crippen molar-refractivity contribution in [1.29, 1.82) is 0 Å². The van der Waals surface area contributed by atoms with Gasteiger partial charge in [0.05, 0.1) is 0 Å². The van der Waals surface area contributed by atoms with Gasteiger partial charge in [0.1, 0.15) is 0 Å². The molecule has 0 amide bonds. The highest BCUT2D eigenvalue weighted by atomic mass is 15.1. The first-order valence-corrected chi connectivity index (χ1v) is 8.23. The molecule has 1 aliphatic heterocycles. The van der Waals surface area contributed by atoms with Crippen LogP contribution in [0.4, 0.5) is 5.69 Å². The Bertz CT molecular complexity index is 427. The van der Waals surface area contributed by atoms with E-state index in [1.54, 1.807) is 0 Å². The number of piperidine rings is 1. The van der Waals surface area contributed by atoms with Gasteiger partial charge >= 0.3 is 0 Å². The normalized spacial score (nSPS) is 21.7. The van der Waals surface area contributed by atoms with E-state index in [2.05, 4.69) is 56.1 Å². The zero-order chi connectivity index (χ0) is 14.5. The zero-order valence-electron chi connectivity index (χ0n) is 13.6. The van der Waals surface area contributed by atoms with E-state index < -0.39 is 0 Å². The summed E-state index contributed by atoms with van der Waals surface area (Å²) in [5.41, 5.74) is 4.19. The molecule has 20 heavy (non-hydrogen) atoms. The fourth-order valence-electron chi connectivity index (χ4n) is 3.36. The number of rotatable bonds is 5. The van der Waals surface area contributed by atoms with Gasteiger partial charge in [0.2, 0.25) is 0 Å². The Kier molecular flexibility index (Phi) is 5.47. The molecule has 1 aromatic rings. The fraction of sp³-hybridized carbons (Fsp3) is 0.667. The maximum absolute atomic E-state index is 3.82. The zero-order valence-corrected chi connectivity index (χ0v) is 13.6. The smallest absolute Gasteiger partial charge is 0.0404 e. The quantitative estimate of drug-likeness (QED) is 0.870. The summed E-state index contributed by atoms with van der Waals surface area (Å²) in [6.07, 6.45) is 3.80. The SMILES string of the molecule is CCc1cccc(C)c1NC(C)C1CCCN(CC)C1. The second kappa shape index (κ2) is 7.12. The van der Waals surface area contributed by atoms with E-state index in [0.717, 1.165) is 12.3 Å². The topological polar surface area (TPSA) is 15.3 Å². The molecular weight excluding hydrogens is 244 g/mol. The molecule has 2 heteroatoms. The third-order valence-electron chi connectivity index (χ3n) is 4.81. The van der Waals surface area contributed by atoms with Crippen LogP contribution in [0, 0.1) is 12.8 Å². The second-order valence-electron chi connectivity index (χ2n) is 6.19. The Balaban J connectivity index is 2.06. The van der Waals surface area contributed by atoms with Gasteiger partial charge in [-0.15, -0.1) is 0 Å². The predicted octanol–water partition coefficient (Wildman–Crippen LogP) is 4.09. The molecule has 2 rings (SSSR count). The molecule has 1 aromatic carbocycles. The summed E-state index contributed by atoms with van der Waals surface area (Å²) in [7, 11) is 0. The summed E-state index contributed by atoms with van der Waals surface area (Å²) in [6.45, 7) is 12.8. The molecule has 0 aromatic heterocycles. The maximum Gasteiger partial charge on any atom is 0.0404 e. The Morgan fingerprint density at radius 2 is 2.15 bits per heavy atom. The molecule has 2 unspecified atom stereocenters. The molecule has 0 bridgehead atoms. The van der Waals surface area contributed by atoms with Gasteiger partial charge in [-0.2, -0.15) is 0 Å². The average Bonchev–Trinajstić information content (AvgIpc) is 2.49. The van der Waals surface area contributed by atoms with Crippen molar-refractivity contribution in [3.63, 3.8) is 0 Å². The maximum atomic E-state index is 3.82. The molecule has 2 atom stereocenters. The number of nitrogens with zero attached hydrogens (tertiary/aromatic N) is 1. The minimum absolute atomic E-state index is 0.552. The van der Waals surface area contributed by atoms with Gasteiger partial charge in [0, 0.05) is 18.3 Å². The minimum Gasteiger partial charge on any atom is -0.382 e. The summed E-state index contributed by atoms with van der Waals surface area (Å²) in [6, 6.07) is 7.19. The third-order valence-corrected chi connectivity index (χ3v) is 4.81. The van der Waals surface area contributed by atoms with Crippen LogP contribution in [0.25, 0.3) is 0 Å². The standard InChI is InChI=1S/C18H30N2/c1-5-16-10-7-9-14(3)18(16)19-15(4)17-11-8-12-20(6-2)13-17/h7,9-10,15,17,19H,5-6,8,11-13H2,1-4H3. The van der Waals surface area contributed by atoms with Gasteiger partial charge in [0.15, 0.2) is 0 Å². The highest BCUT2D eigenvalue weighted by Gasteiger charge is 2.24. The number of likely N-dealkylation sites (tertiary alicyclic amines) is 1. The Hall–Kier alpha value is -1.02. The van der Waals surface area contributed by atoms with Crippen molar-refractivity contribution in [1.82, 2.24) is 4.90 Å². The van der Waals surface area contributed by atoms with Crippen molar-refractivity contribution in [2.45, 2.75) is 53.0 Å². The monoisotopic (exact) mass is 274 g/mol. The van der Waals surface area contributed by atoms with Crippen LogP contribution in [0.5, 0.6) is 0 Å². The Morgan fingerprint density at radius 3 is 2.85 bits per heavy atom. The van der Waals surface area contributed by atoms with Crippen LogP contribution < -0.4 is 5.32 Å². The molecule has 1 heterocycles. The molecule has 2 nitrogen and oxygen atoms in total. The van der Waals surface area contributed by atoms with E-state index in [1.807, 2.05) is 0 Å². The fourth-order valence-corrected chi connectivity index (χ4v) is 3.36. The molecule has 1 saturated heterocycles. The van der Waals surface area contributed by atoms with Crippen molar-refractivity contribution in [2.75, 3.05) is 25.0 Å². The lowest BCUT2D eigenvalue weighted by Crippen LogP contribution is -2.41. The molecule has 1 aliphatic rings. The number of aryl methyl sites for hydroxylation is 2. The van der Waals surface area contributed by atoms with E-state index in [0.29, 0.717) is 6.04 Å². The van der Waals surface area contributed by atoms with Crippen LogP contribution in [0.1, 0.15) is 44.7 Å². The lowest BCUT2D eigenvalue weighted by atomic mass is 9.91. The van der Waals surface area contributed by atoms with Crippen molar-refractivity contribution in [2.24, 2.45) is 5.92 Å². The highest BCUT2D eigenvalue weighted by Crippen LogP contribution is 2.26. The van der Waals surface area contributed by atoms with Crippen LogP contribution in [0.15, 0.2) is 18.2 Å². The van der Waals surface area contributed by atoms with E-state index >= 15 is 0 Å². The van der Waals surface area contributed by atoms with E-state index in [1.165, 1.54) is 49.3 Å². The van der Waals surface area contributed by atoms with Crippen molar-refractivity contribution < 1.29 is 0 Å². The highest BCUT2D eigenvalue weighted by molar-refractivity contribution is 5.57. The summed E-state index contributed by atoms with van der Waals surface area (Å²) in [4.78, 5) is 2.59. The lowest BCUT2D eigenvalue weighted by molar-refractivity contribution is 0.172. The van der Waals surface area contributed by atoms with Crippen LogP contribution >= 0.6 is 0 Å². The number of hydrogen-bond donors (Lipinski definition) is 1. The minimum atomic E-state index is 0.552. The van der Waals surface area contributed by atoms with Gasteiger partial charge in [0.25, 0.3) is 0 Å². The largest absolute Gasteiger partial charge is 0.382 e. The summed E-state index contributed by atoms with van der Waals surface area (Å²) >= 11 is 0. The van der Waals surface area contributed by atoms with E-state index in [9.17, 15) is 0 Å². The first-order chi connectivity index (χ1) is 9.65. The van der Waals surface area contributed by atoms with Crippen molar-refractivity contribution in [3.8, 4) is 0 Å². The van der Waals surface area contributed by atoms with Gasteiger partial charge in [-0.05, 0) is 63.2 Å². The first-order valence-electron chi connectivity index (χ1n) is 8.23. The molecule has 1 fully saturated rings. The van der Waals surface area contributed by atoms with Crippen molar-refractivity contribution >= 4 is 5.69 Å². The molecule has 112 valence electrons. The second-order valence-corrected chi connectivity index (χ2v) is 6.19. The van der Waals surface area contributed by atoms with Crippen LogP contribution in [-0.4, -0.2) is 30.6 Å². The number of benzene rings is 1. The molecule has 0 aliphatic carbocycles. The van der Waals surface area contributed by atoms with Gasteiger partial charge in [-0.3, -0.25) is 0 Å². The van der Waals surface area contributed by atoms with Crippen LogP contribution in [0.2, 0.25) is 0 Å². The summed E-state index contributed by atoms with van der Waals surface area (Å²) in [5.74, 6) is 0.771. The molecular formula is C18H30N2. The van der Waals surface area contributed by atoms with Crippen molar-refractivity contribution in [3.05, 3.63) is 29.3 Å². The summed E-state index contributed by atoms with van der Waals surface area (Å²) in [5, 5.41) is 3.82.